The fourth-order valence-electron chi connectivity index (χ4n) is 12.6. The molecule has 0 N–H and O–H groups in total. The van der Waals surface area contributed by atoms with Gasteiger partial charge in [-0.2, -0.15) is 0 Å². The van der Waals surface area contributed by atoms with E-state index in [0.717, 1.165) is 45.1 Å². The fraction of sp³-hybridized carbons (Fsp3) is 0.167. The number of anilines is 4. The molecule has 13 rings (SSSR count). The van der Waals surface area contributed by atoms with Gasteiger partial charge in [0.2, 0.25) is 0 Å². The van der Waals surface area contributed by atoms with Crippen molar-refractivity contribution in [2.75, 3.05) is 16.5 Å². The molecule has 414 valence electrons. The molecule has 0 atom stereocenters. The summed E-state index contributed by atoms with van der Waals surface area (Å²) in [4.78, 5) is 10.0. The summed E-state index contributed by atoms with van der Waals surface area (Å²) in [6.45, 7) is 21.3. The molecule has 6 heteroatoms. The number of benzene rings is 10. The molecule has 2 aromatic heterocycles. The first-order chi connectivity index (χ1) is 40.5. The van der Waals surface area contributed by atoms with Crippen LogP contribution in [0.25, 0.3) is 49.9 Å². The van der Waals surface area contributed by atoms with Crippen molar-refractivity contribution >= 4 is 73.4 Å². The van der Waals surface area contributed by atoms with Gasteiger partial charge < -0.3 is 14.5 Å². The van der Waals surface area contributed by atoms with Crippen molar-refractivity contribution in [1.82, 2.24) is 9.55 Å². The molecular formula is C78H72N4OSi. The molecule has 0 amide bonds. The quantitative estimate of drug-likeness (QED) is 0.0955. The zero-order valence-corrected chi connectivity index (χ0v) is 50.7. The topological polar surface area (TPSA) is 33.5 Å². The third kappa shape index (κ3) is 9.88. The minimum Gasteiger partial charge on any atom is -0.457 e. The van der Waals surface area contributed by atoms with Crippen molar-refractivity contribution in [2.45, 2.75) is 78.6 Å². The summed E-state index contributed by atoms with van der Waals surface area (Å²) < 4.78 is 9.33. The molecule has 0 spiro atoms. The second kappa shape index (κ2) is 21.2. The number of rotatable bonds is 11. The Kier molecular flexibility index (Phi) is 13.6. The second-order valence-corrected chi connectivity index (χ2v) is 29.5. The van der Waals surface area contributed by atoms with Gasteiger partial charge in [-0.1, -0.05) is 238 Å². The largest absolute Gasteiger partial charge is 0.457 e. The lowest BCUT2D eigenvalue weighted by Crippen LogP contribution is -2.74. The van der Waals surface area contributed by atoms with E-state index in [-0.39, 0.29) is 16.2 Å². The number of para-hydroxylation sites is 1. The lowest BCUT2D eigenvalue weighted by atomic mass is 9.80. The number of ether oxygens (including phenoxy) is 1. The van der Waals surface area contributed by atoms with Crippen LogP contribution in [0.5, 0.6) is 11.5 Å². The van der Waals surface area contributed by atoms with E-state index < -0.39 is 8.07 Å². The third-order valence-electron chi connectivity index (χ3n) is 17.1. The van der Waals surface area contributed by atoms with E-state index in [2.05, 4.69) is 331 Å². The Bertz CT molecular complexity index is 4250. The predicted octanol–water partition coefficient (Wildman–Crippen LogP) is 17.8. The number of pyridine rings is 1. The van der Waals surface area contributed by atoms with Crippen LogP contribution in [0.15, 0.2) is 261 Å². The summed E-state index contributed by atoms with van der Waals surface area (Å²) in [5, 5.41) is 7.69. The average molecular weight is 1110 g/mol. The van der Waals surface area contributed by atoms with E-state index in [1.165, 1.54) is 76.5 Å². The molecule has 0 fully saturated rings. The summed E-state index contributed by atoms with van der Waals surface area (Å²) >= 11 is 0. The summed E-state index contributed by atoms with van der Waals surface area (Å²) in [6, 6.07) is 94.2. The molecule has 1 aliphatic rings. The number of fused-ring (bicyclic) bond motifs is 4. The van der Waals surface area contributed by atoms with E-state index in [1.807, 2.05) is 6.20 Å². The van der Waals surface area contributed by atoms with Gasteiger partial charge in [-0.3, -0.25) is 4.57 Å². The van der Waals surface area contributed by atoms with Crippen molar-refractivity contribution in [2.24, 2.45) is 0 Å². The SMILES string of the molecule is CC(C)(C)c1cc(N2CN(c3cccc(Oc4ccc5c6cc(-c7ccccc7)ccc6n(-c6cc(C(C)(C)C)ccn6)c5c4)c3)c3cccc(-c4cccc([Si](c5ccccc5)(c5ccccc5)c5ccccc5)c4)c32)cc(C(C)(C)C)c1. The highest BCUT2D eigenvalue weighted by Gasteiger charge is 2.42. The van der Waals surface area contributed by atoms with Crippen LogP contribution >= 0.6 is 0 Å². The summed E-state index contributed by atoms with van der Waals surface area (Å²) in [5.74, 6) is 2.39. The van der Waals surface area contributed by atoms with Gasteiger partial charge in [-0.25, -0.2) is 4.98 Å². The van der Waals surface area contributed by atoms with Crippen molar-refractivity contribution in [1.29, 1.82) is 0 Å². The molecule has 84 heavy (non-hydrogen) atoms. The Morgan fingerprint density at radius 2 is 0.952 bits per heavy atom. The highest BCUT2D eigenvalue weighted by Crippen LogP contribution is 2.51. The molecule has 0 unspecified atom stereocenters. The zero-order valence-electron chi connectivity index (χ0n) is 49.7. The fourth-order valence-corrected chi connectivity index (χ4v) is 17.4. The van der Waals surface area contributed by atoms with E-state index >= 15 is 0 Å². The molecule has 0 saturated carbocycles. The minimum atomic E-state index is -2.84. The van der Waals surface area contributed by atoms with E-state index in [1.54, 1.807) is 0 Å². The number of nitrogens with zero attached hydrogens (tertiary/aromatic N) is 4. The van der Waals surface area contributed by atoms with Crippen LogP contribution in [0, 0.1) is 0 Å². The second-order valence-electron chi connectivity index (χ2n) is 25.7. The van der Waals surface area contributed by atoms with Crippen LogP contribution in [0.1, 0.15) is 79.0 Å². The molecule has 0 bridgehead atoms. The van der Waals surface area contributed by atoms with Gasteiger partial charge >= 0.3 is 0 Å². The Labute approximate surface area is 497 Å². The van der Waals surface area contributed by atoms with Crippen molar-refractivity contribution in [3.05, 3.63) is 278 Å². The monoisotopic (exact) mass is 1110 g/mol. The molecule has 10 aromatic carbocycles. The molecule has 12 aromatic rings. The first-order valence-corrected chi connectivity index (χ1v) is 31.5. The molecular weight excluding hydrogens is 1040 g/mol. The smallest absolute Gasteiger partial charge is 0.179 e. The standard InChI is InChI=1S/C78H72N4OSi/c1-76(2,3)57-43-44-79-74(50-57)82-71-42-39-55(54-25-14-10-15-26-54)46-70(71)69-41-40-63(52-73(69)82)83-62-29-23-28-60(51-62)80-53-81(61-48-58(77(4,5)6)47-59(49-61)78(7,8)9)75-68(37-24-38-72(75)80)56-27-22-36-67(45-56)84(64-30-16-11-17-31-64,65-32-18-12-19-33-65)66-34-20-13-21-35-66/h10-52H,53H2,1-9H3. The van der Waals surface area contributed by atoms with Gasteiger partial charge in [0, 0.05) is 46.0 Å². The van der Waals surface area contributed by atoms with Crippen LogP contribution in [0.2, 0.25) is 0 Å². The Morgan fingerprint density at radius 1 is 0.381 bits per heavy atom. The Morgan fingerprint density at radius 3 is 1.58 bits per heavy atom. The van der Waals surface area contributed by atoms with Crippen molar-refractivity contribution in [3.8, 4) is 39.6 Å². The Balaban J connectivity index is 0.948. The number of hydrogen-bond donors (Lipinski definition) is 0. The highest BCUT2D eigenvalue weighted by atomic mass is 28.3. The summed E-state index contributed by atoms with van der Waals surface area (Å²) in [5.41, 5.74) is 15.0. The predicted molar refractivity (Wildman–Crippen MR) is 358 cm³/mol. The van der Waals surface area contributed by atoms with Crippen LogP contribution in [-0.2, 0) is 16.2 Å². The molecule has 0 radical (unpaired) electrons. The summed E-state index contributed by atoms with van der Waals surface area (Å²) in [7, 11) is -2.84. The van der Waals surface area contributed by atoms with E-state index in [0.29, 0.717) is 6.67 Å². The van der Waals surface area contributed by atoms with Crippen LogP contribution < -0.4 is 35.3 Å². The van der Waals surface area contributed by atoms with Gasteiger partial charge in [0.05, 0.1) is 22.4 Å². The third-order valence-corrected chi connectivity index (χ3v) is 21.9. The maximum absolute atomic E-state index is 7.03. The molecule has 1 aliphatic heterocycles. The first kappa shape index (κ1) is 54.0. The number of hydrogen-bond acceptors (Lipinski definition) is 4. The zero-order chi connectivity index (χ0) is 58.0. The Hall–Kier alpha value is -9.23. The van der Waals surface area contributed by atoms with Crippen molar-refractivity contribution in [3.63, 3.8) is 0 Å². The summed E-state index contributed by atoms with van der Waals surface area (Å²) in [6.07, 6.45) is 1.94. The normalized spacial score (nSPS) is 13.0. The molecule has 0 saturated heterocycles. The van der Waals surface area contributed by atoms with Crippen LogP contribution in [0.3, 0.4) is 0 Å². The number of aromatic nitrogens is 2. The van der Waals surface area contributed by atoms with Crippen molar-refractivity contribution < 1.29 is 4.74 Å². The average Bonchev–Trinajstić information content (AvgIpc) is 3.50. The van der Waals surface area contributed by atoms with Gasteiger partial charge in [0.25, 0.3) is 0 Å². The lowest BCUT2D eigenvalue weighted by Gasteiger charge is -2.34. The van der Waals surface area contributed by atoms with Gasteiger partial charge in [0.1, 0.15) is 24.0 Å². The van der Waals surface area contributed by atoms with Gasteiger partial charge in [0.15, 0.2) is 8.07 Å². The van der Waals surface area contributed by atoms with Gasteiger partial charge in [-0.05, 0) is 137 Å². The van der Waals surface area contributed by atoms with E-state index in [9.17, 15) is 0 Å². The van der Waals surface area contributed by atoms with Crippen LogP contribution in [0.4, 0.5) is 22.7 Å². The molecule has 0 aliphatic carbocycles. The first-order valence-electron chi connectivity index (χ1n) is 29.5. The minimum absolute atomic E-state index is 0.0519. The highest BCUT2D eigenvalue weighted by molar-refractivity contribution is 7.19. The van der Waals surface area contributed by atoms with Crippen LogP contribution in [-0.4, -0.2) is 24.3 Å². The maximum atomic E-state index is 7.03. The maximum Gasteiger partial charge on any atom is 0.179 e. The molecule has 3 heterocycles. The van der Waals surface area contributed by atoms with E-state index in [4.69, 9.17) is 9.72 Å². The molecule has 5 nitrogen and oxygen atoms in total. The lowest BCUT2D eigenvalue weighted by molar-refractivity contribution is 0.483. The van der Waals surface area contributed by atoms with Gasteiger partial charge in [-0.15, -0.1) is 0 Å².